The number of aromatic amines is 1. The molecule has 0 spiro atoms. The standard InChI is InChI=1S/C20H11Cl2FN2O5S/c21-11-3-1-2-9(16(11)22)7-30-10-4-5-12(23)14(6-10)25-18(26)15-13(24-20(25)29)8-31-17(15)19(27)28/h1-6,8H,7H2,(H,24,29)(H,27,28). The summed E-state index contributed by atoms with van der Waals surface area (Å²) >= 11 is 12.9. The Balaban J connectivity index is 1.79. The molecule has 2 aromatic heterocycles. The second-order valence-corrected chi connectivity index (χ2v) is 8.01. The number of aromatic nitrogens is 2. The molecule has 2 heterocycles. The van der Waals surface area contributed by atoms with Crippen LogP contribution in [0.4, 0.5) is 4.39 Å². The number of ether oxygens (including phenoxy) is 1. The zero-order valence-electron chi connectivity index (χ0n) is 15.3. The average Bonchev–Trinajstić information content (AvgIpc) is 3.15. The van der Waals surface area contributed by atoms with E-state index in [1.54, 1.807) is 18.2 Å². The van der Waals surface area contributed by atoms with Crippen LogP contribution in [0.1, 0.15) is 15.2 Å². The van der Waals surface area contributed by atoms with E-state index < -0.39 is 23.0 Å². The third-order valence-corrected chi connectivity index (χ3v) is 6.26. The lowest BCUT2D eigenvalue weighted by Crippen LogP contribution is -2.34. The summed E-state index contributed by atoms with van der Waals surface area (Å²) in [6.07, 6.45) is 0. The molecule has 158 valence electrons. The van der Waals surface area contributed by atoms with Gasteiger partial charge in [0.25, 0.3) is 5.56 Å². The van der Waals surface area contributed by atoms with Gasteiger partial charge in [-0.3, -0.25) is 4.79 Å². The number of carboxylic acid groups (broad SMARTS) is 1. The van der Waals surface area contributed by atoms with Gasteiger partial charge >= 0.3 is 11.7 Å². The summed E-state index contributed by atoms with van der Waals surface area (Å²) in [5.74, 6) is -2.04. The minimum absolute atomic E-state index is 0.00243. The molecule has 2 N–H and O–H groups in total. The number of H-pyrrole nitrogens is 1. The van der Waals surface area contributed by atoms with E-state index in [4.69, 9.17) is 27.9 Å². The Kier molecular flexibility index (Phi) is 5.57. The van der Waals surface area contributed by atoms with Crippen molar-refractivity contribution >= 4 is 51.4 Å². The number of carbonyl (C=O) groups is 1. The SMILES string of the molecule is O=C(O)c1scc2[nH]c(=O)n(-c3cc(OCc4cccc(Cl)c4Cl)ccc3F)c(=O)c12. The predicted octanol–water partition coefficient (Wildman–Crippen LogP) is 4.46. The lowest BCUT2D eigenvalue weighted by molar-refractivity contribution is 0.0704. The van der Waals surface area contributed by atoms with Gasteiger partial charge in [0.1, 0.15) is 23.1 Å². The van der Waals surface area contributed by atoms with Gasteiger partial charge in [0.2, 0.25) is 0 Å². The molecular formula is C20H11Cl2FN2O5S. The number of aromatic carboxylic acids is 1. The van der Waals surface area contributed by atoms with E-state index in [-0.39, 0.29) is 33.8 Å². The summed E-state index contributed by atoms with van der Waals surface area (Å²) in [7, 11) is 0. The zero-order chi connectivity index (χ0) is 22.3. The fraction of sp³-hybridized carbons (Fsp3) is 0.0500. The lowest BCUT2D eigenvalue weighted by Gasteiger charge is -2.11. The summed E-state index contributed by atoms with van der Waals surface area (Å²) in [5, 5.41) is 11.1. The van der Waals surface area contributed by atoms with Crippen LogP contribution in [0.2, 0.25) is 10.0 Å². The maximum absolute atomic E-state index is 14.6. The van der Waals surface area contributed by atoms with Crippen LogP contribution in [0.5, 0.6) is 5.75 Å². The Bertz CT molecular complexity index is 1460. The molecular weight excluding hydrogens is 470 g/mol. The molecule has 0 aliphatic heterocycles. The number of halogens is 3. The molecule has 0 fully saturated rings. The van der Waals surface area contributed by atoms with Crippen LogP contribution < -0.4 is 16.0 Å². The van der Waals surface area contributed by atoms with Gasteiger partial charge in [0, 0.05) is 17.0 Å². The summed E-state index contributed by atoms with van der Waals surface area (Å²) < 4.78 is 20.7. The van der Waals surface area contributed by atoms with Crippen LogP contribution in [0.25, 0.3) is 16.6 Å². The van der Waals surface area contributed by atoms with Crippen molar-refractivity contribution in [2.24, 2.45) is 0 Å². The average molecular weight is 481 g/mol. The van der Waals surface area contributed by atoms with Crippen LogP contribution in [0, 0.1) is 5.82 Å². The second kappa shape index (κ2) is 8.18. The number of benzene rings is 2. The first-order valence-corrected chi connectivity index (χ1v) is 10.3. The molecule has 2 aromatic carbocycles. The molecule has 0 saturated carbocycles. The molecule has 7 nitrogen and oxygen atoms in total. The number of nitrogens with zero attached hydrogens (tertiary/aromatic N) is 1. The van der Waals surface area contributed by atoms with Crippen molar-refractivity contribution in [3.63, 3.8) is 0 Å². The molecule has 31 heavy (non-hydrogen) atoms. The fourth-order valence-electron chi connectivity index (χ4n) is 2.99. The van der Waals surface area contributed by atoms with E-state index in [9.17, 15) is 23.9 Å². The monoisotopic (exact) mass is 480 g/mol. The van der Waals surface area contributed by atoms with E-state index in [1.165, 1.54) is 17.5 Å². The number of hydrogen-bond acceptors (Lipinski definition) is 5. The molecule has 0 amide bonds. The van der Waals surface area contributed by atoms with Crippen molar-refractivity contribution in [1.29, 1.82) is 0 Å². The van der Waals surface area contributed by atoms with Crippen LogP contribution in [-0.4, -0.2) is 20.6 Å². The van der Waals surface area contributed by atoms with Crippen LogP contribution in [0.15, 0.2) is 51.4 Å². The van der Waals surface area contributed by atoms with Crippen LogP contribution >= 0.6 is 34.5 Å². The molecule has 0 atom stereocenters. The third kappa shape index (κ3) is 3.83. The minimum atomic E-state index is -1.33. The molecule has 0 radical (unpaired) electrons. The van der Waals surface area contributed by atoms with Gasteiger partial charge in [0.15, 0.2) is 0 Å². The smallest absolute Gasteiger partial charge is 0.346 e. The second-order valence-electron chi connectivity index (χ2n) is 6.34. The number of thiophene rings is 1. The van der Waals surface area contributed by atoms with Crippen molar-refractivity contribution in [3.8, 4) is 11.4 Å². The lowest BCUT2D eigenvalue weighted by atomic mass is 10.2. The number of fused-ring (bicyclic) bond motifs is 1. The quantitative estimate of drug-likeness (QED) is 0.438. The number of carboxylic acids is 1. The van der Waals surface area contributed by atoms with E-state index >= 15 is 0 Å². The largest absolute Gasteiger partial charge is 0.489 e. The van der Waals surface area contributed by atoms with Gasteiger partial charge in [-0.2, -0.15) is 0 Å². The maximum Gasteiger partial charge on any atom is 0.346 e. The fourth-order valence-corrected chi connectivity index (χ4v) is 4.19. The highest BCUT2D eigenvalue weighted by molar-refractivity contribution is 7.13. The summed E-state index contributed by atoms with van der Waals surface area (Å²) in [6.45, 7) is 0.00243. The molecule has 0 unspecified atom stereocenters. The number of hydrogen-bond donors (Lipinski definition) is 2. The molecule has 0 aliphatic rings. The van der Waals surface area contributed by atoms with Crippen molar-refractivity contribution in [2.45, 2.75) is 6.61 Å². The van der Waals surface area contributed by atoms with Gasteiger partial charge in [-0.05, 0) is 18.2 Å². The first kappa shape index (κ1) is 21.1. The Morgan fingerprint density at radius 2 is 2.00 bits per heavy atom. The van der Waals surface area contributed by atoms with Gasteiger partial charge in [-0.25, -0.2) is 18.5 Å². The Labute approximate surface area is 186 Å². The normalized spacial score (nSPS) is 11.1. The molecule has 0 aliphatic carbocycles. The molecule has 4 rings (SSSR count). The molecule has 0 saturated heterocycles. The van der Waals surface area contributed by atoms with Gasteiger partial charge in [-0.1, -0.05) is 35.3 Å². The molecule has 11 heteroatoms. The Hall–Kier alpha value is -3.14. The zero-order valence-corrected chi connectivity index (χ0v) is 17.6. The van der Waals surface area contributed by atoms with Crippen molar-refractivity contribution in [1.82, 2.24) is 9.55 Å². The van der Waals surface area contributed by atoms with E-state index in [0.717, 1.165) is 17.4 Å². The van der Waals surface area contributed by atoms with Gasteiger partial charge in [-0.15, -0.1) is 11.3 Å². The first-order chi connectivity index (χ1) is 14.8. The van der Waals surface area contributed by atoms with Gasteiger partial charge in [0.05, 0.1) is 26.6 Å². The minimum Gasteiger partial charge on any atom is -0.489 e. The predicted molar refractivity (Wildman–Crippen MR) is 116 cm³/mol. The van der Waals surface area contributed by atoms with Crippen LogP contribution in [-0.2, 0) is 6.61 Å². The van der Waals surface area contributed by atoms with E-state index in [2.05, 4.69) is 4.98 Å². The highest BCUT2D eigenvalue weighted by Gasteiger charge is 2.20. The highest BCUT2D eigenvalue weighted by atomic mass is 35.5. The van der Waals surface area contributed by atoms with Crippen LogP contribution in [0.3, 0.4) is 0 Å². The molecule has 0 bridgehead atoms. The Morgan fingerprint density at radius 1 is 1.23 bits per heavy atom. The van der Waals surface area contributed by atoms with Crippen molar-refractivity contribution in [2.75, 3.05) is 0 Å². The van der Waals surface area contributed by atoms with Crippen molar-refractivity contribution in [3.05, 3.63) is 88.9 Å². The summed E-state index contributed by atoms with van der Waals surface area (Å²) in [5.41, 5.74) is -1.60. The summed E-state index contributed by atoms with van der Waals surface area (Å²) in [4.78, 5) is 39.0. The van der Waals surface area contributed by atoms with Crippen molar-refractivity contribution < 1.29 is 19.0 Å². The topological polar surface area (TPSA) is 101 Å². The number of rotatable bonds is 5. The van der Waals surface area contributed by atoms with Gasteiger partial charge < -0.3 is 14.8 Å². The van der Waals surface area contributed by atoms with E-state index in [1.807, 2.05) is 0 Å². The summed E-state index contributed by atoms with van der Waals surface area (Å²) in [6, 6.07) is 8.54. The molecule has 4 aromatic rings. The maximum atomic E-state index is 14.6. The number of nitrogens with one attached hydrogen (secondary N) is 1. The first-order valence-electron chi connectivity index (χ1n) is 8.63. The highest BCUT2D eigenvalue weighted by Crippen LogP contribution is 2.27. The Morgan fingerprint density at radius 3 is 2.74 bits per heavy atom. The van der Waals surface area contributed by atoms with E-state index in [0.29, 0.717) is 20.2 Å². The third-order valence-electron chi connectivity index (χ3n) is 4.43.